The first-order valence-electron chi connectivity index (χ1n) is 25.2. The normalized spacial score (nSPS) is 24.0. The largest absolute Gasteiger partial charge is 0.374 e. The first-order valence-corrected chi connectivity index (χ1v) is 25.2. The highest BCUT2D eigenvalue weighted by atomic mass is 16.7. The lowest BCUT2D eigenvalue weighted by Gasteiger charge is -2.48. The molecular formula is C62H66O11. The second-order valence-corrected chi connectivity index (χ2v) is 18.2. The molecule has 0 radical (unpaired) electrons. The fourth-order valence-electron chi connectivity index (χ4n) is 9.14. The lowest BCUT2D eigenvalue weighted by atomic mass is 9.96. The van der Waals surface area contributed by atoms with Gasteiger partial charge in [0.15, 0.2) is 12.6 Å². The van der Waals surface area contributed by atoms with Crippen molar-refractivity contribution in [3.8, 4) is 0 Å². The molecule has 73 heavy (non-hydrogen) atoms. The van der Waals surface area contributed by atoms with Gasteiger partial charge in [-0.05, 0) is 38.9 Å². The minimum Gasteiger partial charge on any atom is -0.374 e. The summed E-state index contributed by atoms with van der Waals surface area (Å²) >= 11 is 0. The van der Waals surface area contributed by atoms with E-state index in [4.69, 9.17) is 52.1 Å². The molecule has 7 aromatic rings. The van der Waals surface area contributed by atoms with Crippen LogP contribution in [0, 0.1) is 0 Å². The average molecular weight is 987 g/mol. The molecular weight excluding hydrogens is 921 g/mol. The van der Waals surface area contributed by atoms with Gasteiger partial charge in [0.1, 0.15) is 48.8 Å². The van der Waals surface area contributed by atoms with Crippen LogP contribution in [0.2, 0.25) is 0 Å². The van der Waals surface area contributed by atoms with E-state index in [1.165, 1.54) is 0 Å². The van der Waals surface area contributed by atoms with Crippen LogP contribution < -0.4 is 0 Å². The second kappa shape index (κ2) is 28.0. The number of hydrogen-bond donors (Lipinski definition) is 0. The van der Waals surface area contributed by atoms with E-state index in [0.29, 0.717) is 26.4 Å². The summed E-state index contributed by atoms with van der Waals surface area (Å²) in [6, 6.07) is 70.4. The van der Waals surface area contributed by atoms with Crippen molar-refractivity contribution in [2.24, 2.45) is 0 Å². The van der Waals surface area contributed by atoms with Gasteiger partial charge in [0.25, 0.3) is 0 Å². The van der Waals surface area contributed by atoms with Gasteiger partial charge in [-0.1, -0.05) is 212 Å². The summed E-state index contributed by atoms with van der Waals surface area (Å²) in [6.45, 7) is 2.25. The van der Waals surface area contributed by atoms with Crippen LogP contribution in [0.5, 0.6) is 0 Å². The van der Waals surface area contributed by atoms with Gasteiger partial charge in [-0.2, -0.15) is 0 Å². The highest BCUT2D eigenvalue weighted by Gasteiger charge is 2.52. The standard InChI is InChI=1S/C62H66O11/c1-63-61-59(69-42-51-33-19-7-20-34-51)57(67-40-49-29-15-5-16-30-49)56(66-39-48-27-13-4-14-28-48)54(72-61)45-71-62-60(70-43-52-35-21-8-22-36-52)58(68-41-50-31-17-6-18-32-50)55(65-38-47-25-11-3-12-26-47)53(73-62)44-64-37-46-23-9-2-10-24-46/h2-36,53-62H,37-45H2,1H3/t53-,54-,55+,56+,57+,58+,59-,60-,61+,62-/m1/s1. The maximum Gasteiger partial charge on any atom is 0.187 e. The molecule has 9 rings (SSSR count). The highest BCUT2D eigenvalue weighted by molar-refractivity contribution is 5.19. The Labute approximate surface area is 429 Å². The van der Waals surface area contributed by atoms with E-state index in [0.717, 1.165) is 38.9 Å². The van der Waals surface area contributed by atoms with Crippen molar-refractivity contribution in [3.05, 3.63) is 251 Å². The molecule has 2 aliphatic rings. The molecule has 2 saturated heterocycles. The van der Waals surface area contributed by atoms with Gasteiger partial charge in [0.2, 0.25) is 0 Å². The molecule has 11 heteroatoms. The van der Waals surface area contributed by atoms with Crippen molar-refractivity contribution in [1.29, 1.82) is 0 Å². The second-order valence-electron chi connectivity index (χ2n) is 18.2. The molecule has 10 atom stereocenters. The molecule has 2 fully saturated rings. The number of methoxy groups -OCH3 is 1. The third-order valence-corrected chi connectivity index (χ3v) is 12.9. The van der Waals surface area contributed by atoms with Crippen LogP contribution in [0.3, 0.4) is 0 Å². The molecule has 0 amide bonds. The van der Waals surface area contributed by atoms with Crippen LogP contribution in [-0.2, 0) is 98.4 Å². The Balaban J connectivity index is 1.05. The molecule has 7 aromatic carbocycles. The Kier molecular flexibility index (Phi) is 19.9. The fraction of sp³-hybridized carbons (Fsp3) is 0.323. The maximum absolute atomic E-state index is 7.10. The molecule has 11 nitrogen and oxygen atoms in total. The maximum atomic E-state index is 7.10. The van der Waals surface area contributed by atoms with E-state index in [-0.39, 0.29) is 33.0 Å². The minimum absolute atomic E-state index is 0.00960. The molecule has 0 N–H and O–H groups in total. The zero-order valence-electron chi connectivity index (χ0n) is 41.3. The summed E-state index contributed by atoms with van der Waals surface area (Å²) in [5, 5.41) is 0. The van der Waals surface area contributed by atoms with E-state index in [1.54, 1.807) is 7.11 Å². The van der Waals surface area contributed by atoms with E-state index >= 15 is 0 Å². The Hall–Kier alpha value is -5.90. The Morgan fingerprint density at radius 2 is 0.534 bits per heavy atom. The highest BCUT2D eigenvalue weighted by Crippen LogP contribution is 2.35. The summed E-state index contributed by atoms with van der Waals surface area (Å²) in [5.74, 6) is 0. The molecule has 0 bridgehead atoms. The van der Waals surface area contributed by atoms with Crippen LogP contribution in [0.25, 0.3) is 0 Å². The van der Waals surface area contributed by atoms with Crippen molar-refractivity contribution in [2.45, 2.75) is 108 Å². The van der Waals surface area contributed by atoms with Gasteiger partial charge >= 0.3 is 0 Å². The number of ether oxygens (including phenoxy) is 11. The zero-order valence-corrected chi connectivity index (χ0v) is 41.3. The van der Waals surface area contributed by atoms with Crippen LogP contribution in [-0.4, -0.2) is 81.7 Å². The van der Waals surface area contributed by atoms with Crippen LogP contribution in [0.4, 0.5) is 0 Å². The van der Waals surface area contributed by atoms with Crippen molar-refractivity contribution < 1.29 is 52.1 Å². The lowest BCUT2D eigenvalue weighted by molar-refractivity contribution is -0.351. The molecule has 0 unspecified atom stereocenters. The van der Waals surface area contributed by atoms with Crippen LogP contribution >= 0.6 is 0 Å². The summed E-state index contributed by atoms with van der Waals surface area (Å²) < 4.78 is 75.2. The Morgan fingerprint density at radius 1 is 0.274 bits per heavy atom. The SMILES string of the molecule is CO[C@H]1O[C@H](CO[C@@H]2O[C@H](COCc3ccccc3)[C@H](OCc3ccccc3)[C@H](OCc3ccccc3)[C@H]2OCc2ccccc2)[C@H](OCc2ccccc2)[C@H](OCc2ccccc2)[C@H]1OCc1ccccc1. The first kappa shape index (κ1) is 52.0. The molecule has 0 spiro atoms. The molecule has 2 heterocycles. The summed E-state index contributed by atoms with van der Waals surface area (Å²) in [6.07, 6.45) is -7.47. The number of rotatable bonds is 26. The molecule has 380 valence electrons. The third-order valence-electron chi connectivity index (χ3n) is 12.9. The zero-order chi connectivity index (χ0) is 49.7. The Bertz CT molecular complexity index is 2560. The van der Waals surface area contributed by atoms with Crippen molar-refractivity contribution in [1.82, 2.24) is 0 Å². The predicted octanol–water partition coefficient (Wildman–Crippen LogP) is 10.8. The third kappa shape index (κ3) is 15.3. The van der Waals surface area contributed by atoms with E-state index in [9.17, 15) is 0 Å². The number of hydrogen-bond acceptors (Lipinski definition) is 11. The van der Waals surface area contributed by atoms with Crippen molar-refractivity contribution >= 4 is 0 Å². The summed E-state index contributed by atoms with van der Waals surface area (Å²) in [7, 11) is 1.61. The van der Waals surface area contributed by atoms with Gasteiger partial charge in [0, 0.05) is 7.11 Å². The molecule has 2 aliphatic heterocycles. The van der Waals surface area contributed by atoms with Gasteiger partial charge in [-0.15, -0.1) is 0 Å². The fourth-order valence-corrected chi connectivity index (χ4v) is 9.14. The van der Waals surface area contributed by atoms with Crippen LogP contribution in [0.1, 0.15) is 38.9 Å². The van der Waals surface area contributed by atoms with Gasteiger partial charge in [0.05, 0.1) is 59.5 Å². The Morgan fingerprint density at radius 3 is 0.863 bits per heavy atom. The average Bonchev–Trinajstić information content (AvgIpc) is 3.45. The quantitative estimate of drug-likeness (QED) is 0.0518. The molecule has 0 aliphatic carbocycles. The monoisotopic (exact) mass is 986 g/mol. The van der Waals surface area contributed by atoms with E-state index in [2.05, 4.69) is 0 Å². The van der Waals surface area contributed by atoms with E-state index < -0.39 is 61.4 Å². The molecule has 0 saturated carbocycles. The summed E-state index contributed by atoms with van der Waals surface area (Å²) in [5.41, 5.74) is 7.00. The topological polar surface area (TPSA) is 102 Å². The number of benzene rings is 7. The van der Waals surface area contributed by atoms with Crippen molar-refractivity contribution in [3.63, 3.8) is 0 Å². The lowest BCUT2D eigenvalue weighted by Crippen LogP contribution is -2.64. The van der Waals surface area contributed by atoms with Gasteiger partial charge in [-0.25, -0.2) is 0 Å². The first-order chi connectivity index (χ1) is 36.2. The van der Waals surface area contributed by atoms with E-state index in [1.807, 2.05) is 212 Å². The summed E-state index contributed by atoms with van der Waals surface area (Å²) in [4.78, 5) is 0. The smallest absolute Gasteiger partial charge is 0.187 e. The van der Waals surface area contributed by atoms with Crippen molar-refractivity contribution in [2.75, 3.05) is 20.3 Å². The predicted molar refractivity (Wildman–Crippen MR) is 276 cm³/mol. The van der Waals surface area contributed by atoms with Gasteiger partial charge in [-0.3, -0.25) is 0 Å². The minimum atomic E-state index is -0.999. The molecule has 0 aromatic heterocycles. The van der Waals surface area contributed by atoms with Gasteiger partial charge < -0.3 is 52.1 Å². The van der Waals surface area contributed by atoms with Crippen LogP contribution in [0.15, 0.2) is 212 Å².